The van der Waals surface area contributed by atoms with E-state index >= 15 is 0 Å². The lowest BCUT2D eigenvalue weighted by Crippen LogP contribution is -2.29. The second-order valence-corrected chi connectivity index (χ2v) is 6.93. The zero-order valence-corrected chi connectivity index (χ0v) is 15.6. The van der Waals surface area contributed by atoms with Crippen LogP contribution in [-0.4, -0.2) is 21.1 Å². The minimum absolute atomic E-state index is 0.0469. The summed E-state index contributed by atoms with van der Waals surface area (Å²) < 4.78 is 0. The lowest BCUT2D eigenvalue weighted by Gasteiger charge is -2.19. The van der Waals surface area contributed by atoms with Gasteiger partial charge in [0.05, 0.1) is 11.2 Å². The summed E-state index contributed by atoms with van der Waals surface area (Å²) in [6.45, 7) is 0.569. The number of fused-ring (bicyclic) bond motifs is 2. The third-order valence-electron chi connectivity index (χ3n) is 5.06. The number of benzene rings is 2. The molecule has 5 heteroatoms. The van der Waals surface area contributed by atoms with Crippen molar-refractivity contribution in [1.29, 1.82) is 0 Å². The molecule has 0 aliphatic carbocycles. The van der Waals surface area contributed by atoms with E-state index in [1.165, 1.54) is 0 Å². The highest BCUT2D eigenvalue weighted by Crippen LogP contribution is 2.27. The lowest BCUT2D eigenvalue weighted by atomic mass is 9.94. The summed E-state index contributed by atoms with van der Waals surface area (Å²) in [6, 6.07) is 18.0. The number of aromatic amines is 1. The van der Waals surface area contributed by atoms with Crippen molar-refractivity contribution < 1.29 is 4.79 Å². The molecule has 5 rings (SSSR count). The predicted molar refractivity (Wildman–Crippen MR) is 115 cm³/mol. The van der Waals surface area contributed by atoms with Gasteiger partial charge in [0.25, 0.3) is 5.91 Å². The Labute approximate surface area is 167 Å². The van der Waals surface area contributed by atoms with Crippen molar-refractivity contribution in [3.05, 3.63) is 94.9 Å². The van der Waals surface area contributed by atoms with Gasteiger partial charge in [-0.3, -0.25) is 14.9 Å². The second-order valence-electron chi connectivity index (χ2n) is 6.93. The van der Waals surface area contributed by atoms with E-state index < -0.39 is 0 Å². The summed E-state index contributed by atoms with van der Waals surface area (Å²) in [5, 5.41) is 11.5. The molecular formula is C24H18N4O. The maximum absolute atomic E-state index is 12.4. The highest BCUT2D eigenvalue weighted by molar-refractivity contribution is 6.25. The van der Waals surface area contributed by atoms with E-state index in [9.17, 15) is 4.79 Å². The molecule has 0 radical (unpaired) electrons. The molecule has 4 aromatic rings. The third-order valence-corrected chi connectivity index (χ3v) is 5.06. The molecule has 2 aromatic heterocycles. The Morgan fingerprint density at radius 3 is 2.69 bits per heavy atom. The van der Waals surface area contributed by atoms with Crippen molar-refractivity contribution >= 4 is 40.6 Å². The van der Waals surface area contributed by atoms with Crippen molar-refractivity contribution in [1.82, 2.24) is 20.5 Å². The van der Waals surface area contributed by atoms with Crippen LogP contribution in [0.3, 0.4) is 0 Å². The minimum atomic E-state index is -0.0469. The minimum Gasteiger partial charge on any atom is -0.348 e. The lowest BCUT2D eigenvalue weighted by molar-refractivity contribution is -0.115. The van der Waals surface area contributed by atoms with Gasteiger partial charge in [-0.2, -0.15) is 5.10 Å². The Hall–Kier alpha value is -3.99. The first-order valence-corrected chi connectivity index (χ1v) is 9.42. The quantitative estimate of drug-likeness (QED) is 0.522. The second kappa shape index (κ2) is 7.20. The van der Waals surface area contributed by atoms with Gasteiger partial charge in [-0.1, -0.05) is 36.4 Å². The molecular weight excluding hydrogens is 360 g/mol. The van der Waals surface area contributed by atoms with Crippen LogP contribution in [0.5, 0.6) is 0 Å². The molecule has 1 aliphatic rings. The van der Waals surface area contributed by atoms with Gasteiger partial charge in [0.1, 0.15) is 0 Å². The van der Waals surface area contributed by atoms with Crippen LogP contribution in [0.25, 0.3) is 34.7 Å². The maximum atomic E-state index is 12.4. The molecule has 0 saturated heterocycles. The van der Waals surface area contributed by atoms with Gasteiger partial charge in [0, 0.05) is 29.9 Å². The number of carbonyl (C=O) groups is 1. The molecule has 0 fully saturated rings. The molecule has 0 bridgehead atoms. The van der Waals surface area contributed by atoms with Crippen LogP contribution in [0.4, 0.5) is 0 Å². The Kier molecular flexibility index (Phi) is 4.26. The van der Waals surface area contributed by atoms with Crippen LogP contribution in [0, 0.1) is 0 Å². The van der Waals surface area contributed by atoms with E-state index in [0.717, 1.165) is 38.9 Å². The zero-order valence-electron chi connectivity index (χ0n) is 15.6. The van der Waals surface area contributed by atoms with Crippen molar-refractivity contribution in [3.8, 4) is 0 Å². The summed E-state index contributed by atoms with van der Waals surface area (Å²) in [5.74, 6) is -0.0469. The highest BCUT2D eigenvalue weighted by atomic mass is 16.1. The van der Waals surface area contributed by atoms with Gasteiger partial charge in [-0.15, -0.1) is 0 Å². The largest absolute Gasteiger partial charge is 0.348 e. The fourth-order valence-electron chi connectivity index (χ4n) is 3.57. The van der Waals surface area contributed by atoms with Crippen LogP contribution in [-0.2, 0) is 11.3 Å². The Morgan fingerprint density at radius 1 is 0.931 bits per heavy atom. The van der Waals surface area contributed by atoms with Gasteiger partial charge < -0.3 is 5.32 Å². The standard InChI is InChI=1S/C24H18N4O/c29-24-21(19-4-2-1-3-18(19)15-26-24)13-17-5-7-20-22(27-28-23(20)14-17)8-6-16-9-11-25-12-10-16/h1-14H,15H2,(H,26,29)(H,27,28)/b8-6+,21-13+. The smallest absolute Gasteiger partial charge is 0.252 e. The van der Waals surface area contributed by atoms with Gasteiger partial charge in [0.2, 0.25) is 0 Å². The number of amides is 1. The van der Waals surface area contributed by atoms with Crippen LogP contribution < -0.4 is 5.32 Å². The molecule has 2 N–H and O–H groups in total. The van der Waals surface area contributed by atoms with E-state index in [4.69, 9.17) is 0 Å². The molecule has 2 aromatic carbocycles. The van der Waals surface area contributed by atoms with Crippen LogP contribution in [0.15, 0.2) is 67.0 Å². The normalized spacial score (nSPS) is 15.0. The first kappa shape index (κ1) is 17.1. The average Bonchev–Trinajstić information content (AvgIpc) is 3.17. The maximum Gasteiger partial charge on any atom is 0.252 e. The summed E-state index contributed by atoms with van der Waals surface area (Å²) in [4.78, 5) is 16.5. The number of hydrogen-bond donors (Lipinski definition) is 2. The molecule has 1 amide bonds. The fraction of sp³-hybridized carbons (Fsp3) is 0.0417. The van der Waals surface area contributed by atoms with Crippen LogP contribution in [0.2, 0.25) is 0 Å². The topological polar surface area (TPSA) is 70.7 Å². The average molecular weight is 378 g/mol. The van der Waals surface area contributed by atoms with E-state index in [2.05, 4.69) is 20.5 Å². The van der Waals surface area contributed by atoms with Crippen molar-refractivity contribution in [2.75, 3.05) is 0 Å². The number of aromatic nitrogens is 3. The zero-order chi connectivity index (χ0) is 19.6. The number of carbonyl (C=O) groups excluding carboxylic acids is 1. The Morgan fingerprint density at radius 2 is 1.79 bits per heavy atom. The van der Waals surface area contributed by atoms with Crippen LogP contribution >= 0.6 is 0 Å². The molecule has 140 valence electrons. The van der Waals surface area contributed by atoms with E-state index in [0.29, 0.717) is 12.1 Å². The molecule has 3 heterocycles. The predicted octanol–water partition coefficient (Wildman–Crippen LogP) is 4.30. The molecule has 0 spiro atoms. The molecule has 0 unspecified atom stereocenters. The number of nitrogens with zero attached hydrogens (tertiary/aromatic N) is 2. The number of pyridine rings is 1. The molecule has 0 atom stereocenters. The van der Waals surface area contributed by atoms with E-state index in [1.807, 2.05) is 72.8 Å². The van der Waals surface area contributed by atoms with Gasteiger partial charge in [-0.05, 0) is 58.7 Å². The third kappa shape index (κ3) is 3.34. The summed E-state index contributed by atoms with van der Waals surface area (Å²) in [5.41, 5.74) is 6.62. The first-order chi connectivity index (χ1) is 14.3. The number of nitrogens with one attached hydrogen (secondary N) is 2. The molecule has 0 saturated carbocycles. The van der Waals surface area contributed by atoms with E-state index in [1.54, 1.807) is 12.4 Å². The van der Waals surface area contributed by atoms with Gasteiger partial charge >= 0.3 is 0 Å². The van der Waals surface area contributed by atoms with Crippen molar-refractivity contribution in [3.63, 3.8) is 0 Å². The van der Waals surface area contributed by atoms with Crippen molar-refractivity contribution in [2.24, 2.45) is 0 Å². The Balaban J connectivity index is 1.50. The monoisotopic (exact) mass is 378 g/mol. The SMILES string of the molecule is O=C1NCc2ccccc2/C1=C\c1ccc2c(/C=C/c3ccncc3)n[nH]c2c1. The first-order valence-electron chi connectivity index (χ1n) is 9.42. The number of rotatable bonds is 3. The van der Waals surface area contributed by atoms with Crippen LogP contribution in [0.1, 0.15) is 27.9 Å². The summed E-state index contributed by atoms with van der Waals surface area (Å²) in [6.07, 6.45) is 9.46. The molecule has 1 aliphatic heterocycles. The number of H-pyrrole nitrogens is 1. The molecule has 5 nitrogen and oxygen atoms in total. The Bertz CT molecular complexity index is 1270. The van der Waals surface area contributed by atoms with E-state index in [-0.39, 0.29) is 5.91 Å². The van der Waals surface area contributed by atoms with Crippen molar-refractivity contribution in [2.45, 2.75) is 6.54 Å². The molecule has 29 heavy (non-hydrogen) atoms. The van der Waals surface area contributed by atoms with Gasteiger partial charge in [0.15, 0.2) is 0 Å². The summed E-state index contributed by atoms with van der Waals surface area (Å²) in [7, 11) is 0. The number of hydrogen-bond acceptors (Lipinski definition) is 3. The highest BCUT2D eigenvalue weighted by Gasteiger charge is 2.20. The fourth-order valence-corrected chi connectivity index (χ4v) is 3.57. The summed E-state index contributed by atoms with van der Waals surface area (Å²) >= 11 is 0. The van der Waals surface area contributed by atoms with Gasteiger partial charge in [-0.25, -0.2) is 0 Å².